The Bertz CT molecular complexity index is 520. The molecular formula is C11H17N5O. The van der Waals surface area contributed by atoms with Gasteiger partial charge in [0.1, 0.15) is 11.6 Å². The van der Waals surface area contributed by atoms with Crippen molar-refractivity contribution in [3.63, 3.8) is 0 Å². The third kappa shape index (κ3) is 2.22. The Balaban J connectivity index is 2.43. The number of aromatic nitrogens is 3. The number of imidazole rings is 1. The summed E-state index contributed by atoms with van der Waals surface area (Å²) in [5.74, 6) is 1.39. The number of aliphatic hydroxyl groups excluding tert-OH is 1. The van der Waals surface area contributed by atoms with Crippen molar-refractivity contribution in [3.8, 4) is 0 Å². The lowest BCUT2D eigenvalue weighted by Crippen LogP contribution is -2.24. The maximum absolute atomic E-state index is 9.43. The summed E-state index contributed by atoms with van der Waals surface area (Å²) >= 11 is 0. The zero-order valence-electron chi connectivity index (χ0n) is 10.2. The standard InChI is InChI=1S/C11H17N5O/c1-6(17)9(12)11-13-7-4-5-8(16(2)3)14-10(7)15-11/h4-6,9,17H,12H2,1-3H3,(H,13,14,15). The van der Waals surface area contributed by atoms with Crippen LogP contribution in [0.15, 0.2) is 12.1 Å². The fourth-order valence-corrected chi connectivity index (χ4v) is 1.54. The molecule has 2 unspecified atom stereocenters. The van der Waals surface area contributed by atoms with Crippen LogP contribution in [0.25, 0.3) is 11.2 Å². The van der Waals surface area contributed by atoms with Crippen LogP contribution in [0.3, 0.4) is 0 Å². The summed E-state index contributed by atoms with van der Waals surface area (Å²) in [5, 5.41) is 9.43. The number of anilines is 1. The summed E-state index contributed by atoms with van der Waals surface area (Å²) in [7, 11) is 3.84. The molecule has 0 radical (unpaired) electrons. The van der Waals surface area contributed by atoms with Gasteiger partial charge in [0, 0.05) is 14.1 Å². The third-order valence-electron chi connectivity index (χ3n) is 2.64. The van der Waals surface area contributed by atoms with Gasteiger partial charge in [-0.05, 0) is 19.1 Å². The molecule has 6 nitrogen and oxygen atoms in total. The smallest absolute Gasteiger partial charge is 0.179 e. The van der Waals surface area contributed by atoms with E-state index < -0.39 is 12.1 Å². The highest BCUT2D eigenvalue weighted by atomic mass is 16.3. The number of nitrogens with one attached hydrogen (secondary N) is 1. The number of H-pyrrole nitrogens is 1. The Morgan fingerprint density at radius 2 is 2.06 bits per heavy atom. The van der Waals surface area contributed by atoms with Crippen LogP contribution in [0.1, 0.15) is 18.8 Å². The van der Waals surface area contributed by atoms with Crippen molar-refractivity contribution in [2.24, 2.45) is 5.73 Å². The van der Waals surface area contributed by atoms with E-state index in [1.807, 2.05) is 31.1 Å². The highest BCUT2D eigenvalue weighted by molar-refractivity contribution is 5.73. The minimum atomic E-state index is -0.649. The van der Waals surface area contributed by atoms with Gasteiger partial charge in [-0.2, -0.15) is 0 Å². The number of nitrogens with two attached hydrogens (primary N) is 1. The molecule has 0 fully saturated rings. The lowest BCUT2D eigenvalue weighted by atomic mass is 10.2. The molecule has 0 amide bonds. The summed E-state index contributed by atoms with van der Waals surface area (Å²) < 4.78 is 0. The van der Waals surface area contributed by atoms with Crippen LogP contribution in [-0.4, -0.2) is 40.3 Å². The maximum Gasteiger partial charge on any atom is 0.179 e. The molecule has 0 bridgehead atoms. The summed E-state index contributed by atoms with van der Waals surface area (Å²) in [4.78, 5) is 13.7. The molecule has 0 saturated heterocycles. The Morgan fingerprint density at radius 1 is 1.35 bits per heavy atom. The average molecular weight is 235 g/mol. The molecule has 2 rings (SSSR count). The molecule has 4 N–H and O–H groups in total. The van der Waals surface area contributed by atoms with E-state index in [1.165, 1.54) is 0 Å². The molecule has 0 aliphatic heterocycles. The van der Waals surface area contributed by atoms with Gasteiger partial charge in [0.2, 0.25) is 0 Å². The lowest BCUT2D eigenvalue weighted by Gasteiger charge is -2.10. The number of hydrogen-bond donors (Lipinski definition) is 3. The molecule has 0 spiro atoms. The van der Waals surface area contributed by atoms with Crippen molar-refractivity contribution in [1.82, 2.24) is 15.0 Å². The summed E-state index contributed by atoms with van der Waals surface area (Å²) in [6.45, 7) is 1.64. The van der Waals surface area contributed by atoms with Crippen LogP contribution in [0.2, 0.25) is 0 Å². The zero-order valence-corrected chi connectivity index (χ0v) is 10.2. The Kier molecular flexibility index (Phi) is 2.99. The van der Waals surface area contributed by atoms with Crippen molar-refractivity contribution >= 4 is 17.0 Å². The van der Waals surface area contributed by atoms with Gasteiger partial charge in [0.25, 0.3) is 0 Å². The molecule has 92 valence electrons. The fraction of sp³-hybridized carbons (Fsp3) is 0.455. The van der Waals surface area contributed by atoms with Crippen LogP contribution >= 0.6 is 0 Å². The van der Waals surface area contributed by atoms with Crippen LogP contribution < -0.4 is 10.6 Å². The maximum atomic E-state index is 9.43. The van der Waals surface area contributed by atoms with Gasteiger partial charge in [-0.25, -0.2) is 9.97 Å². The molecule has 0 saturated carbocycles. The molecule has 0 aliphatic rings. The van der Waals surface area contributed by atoms with Gasteiger partial charge >= 0.3 is 0 Å². The van der Waals surface area contributed by atoms with Gasteiger partial charge in [0.05, 0.1) is 17.7 Å². The second kappa shape index (κ2) is 4.31. The van der Waals surface area contributed by atoms with E-state index in [9.17, 15) is 5.11 Å². The zero-order chi connectivity index (χ0) is 12.6. The van der Waals surface area contributed by atoms with Crippen molar-refractivity contribution < 1.29 is 5.11 Å². The molecule has 2 atom stereocenters. The molecule has 0 aliphatic carbocycles. The largest absolute Gasteiger partial charge is 0.391 e. The molecule has 2 heterocycles. The van der Waals surface area contributed by atoms with E-state index in [0.717, 1.165) is 11.3 Å². The van der Waals surface area contributed by atoms with E-state index in [2.05, 4.69) is 15.0 Å². The van der Waals surface area contributed by atoms with Crippen LogP contribution in [-0.2, 0) is 0 Å². The highest BCUT2D eigenvalue weighted by Gasteiger charge is 2.16. The number of nitrogens with zero attached hydrogens (tertiary/aromatic N) is 3. The molecule has 2 aromatic heterocycles. The first-order valence-electron chi connectivity index (χ1n) is 5.46. The SMILES string of the molecule is CC(O)C(N)c1nc2nc(N(C)C)ccc2[nH]1. The molecule has 2 aromatic rings. The molecular weight excluding hydrogens is 218 g/mol. The Hall–Kier alpha value is -1.66. The van der Waals surface area contributed by atoms with Crippen molar-refractivity contribution in [2.75, 3.05) is 19.0 Å². The summed E-state index contributed by atoms with van der Waals surface area (Å²) in [6.07, 6.45) is -0.649. The van der Waals surface area contributed by atoms with Crippen LogP contribution in [0.5, 0.6) is 0 Å². The van der Waals surface area contributed by atoms with Gasteiger partial charge < -0.3 is 20.7 Å². The Labute approximate surface area is 99.5 Å². The van der Waals surface area contributed by atoms with Crippen LogP contribution in [0.4, 0.5) is 5.82 Å². The van der Waals surface area contributed by atoms with E-state index in [0.29, 0.717) is 11.5 Å². The van der Waals surface area contributed by atoms with E-state index in [-0.39, 0.29) is 0 Å². The minimum Gasteiger partial charge on any atom is -0.391 e. The van der Waals surface area contributed by atoms with Crippen molar-refractivity contribution in [3.05, 3.63) is 18.0 Å². The third-order valence-corrected chi connectivity index (χ3v) is 2.64. The number of rotatable bonds is 3. The van der Waals surface area contributed by atoms with E-state index in [4.69, 9.17) is 5.73 Å². The van der Waals surface area contributed by atoms with E-state index in [1.54, 1.807) is 6.92 Å². The summed E-state index contributed by atoms with van der Waals surface area (Å²) in [6, 6.07) is 3.29. The molecule has 17 heavy (non-hydrogen) atoms. The molecule has 0 aromatic carbocycles. The van der Waals surface area contributed by atoms with Crippen molar-refractivity contribution in [1.29, 1.82) is 0 Å². The molecule has 6 heteroatoms. The minimum absolute atomic E-state index is 0.521. The monoisotopic (exact) mass is 235 g/mol. The number of aliphatic hydroxyl groups is 1. The lowest BCUT2D eigenvalue weighted by molar-refractivity contribution is 0.161. The normalized spacial score (nSPS) is 14.9. The first-order valence-corrected chi connectivity index (χ1v) is 5.46. The number of aromatic amines is 1. The van der Waals surface area contributed by atoms with Crippen LogP contribution in [0, 0.1) is 0 Å². The van der Waals surface area contributed by atoms with Gasteiger partial charge in [-0.1, -0.05) is 0 Å². The highest BCUT2D eigenvalue weighted by Crippen LogP contribution is 2.18. The quantitative estimate of drug-likeness (QED) is 0.716. The van der Waals surface area contributed by atoms with Gasteiger partial charge in [-0.3, -0.25) is 0 Å². The average Bonchev–Trinajstić information content (AvgIpc) is 2.69. The number of hydrogen-bond acceptors (Lipinski definition) is 5. The topological polar surface area (TPSA) is 91.1 Å². The van der Waals surface area contributed by atoms with E-state index >= 15 is 0 Å². The number of fused-ring (bicyclic) bond motifs is 1. The van der Waals surface area contributed by atoms with Crippen molar-refractivity contribution in [2.45, 2.75) is 19.1 Å². The fourth-order valence-electron chi connectivity index (χ4n) is 1.54. The summed E-state index contributed by atoms with van der Waals surface area (Å²) in [5.41, 5.74) is 7.25. The second-order valence-electron chi connectivity index (χ2n) is 4.32. The predicted octanol–water partition coefficient (Wildman–Crippen LogP) is 0.404. The first-order chi connectivity index (χ1) is 7.99. The Morgan fingerprint density at radius 3 is 2.65 bits per heavy atom. The second-order valence-corrected chi connectivity index (χ2v) is 4.32. The van der Waals surface area contributed by atoms with Gasteiger partial charge in [0.15, 0.2) is 5.65 Å². The first kappa shape index (κ1) is 11.8. The number of pyridine rings is 1. The predicted molar refractivity (Wildman–Crippen MR) is 66.8 cm³/mol. The van der Waals surface area contributed by atoms with Gasteiger partial charge in [-0.15, -0.1) is 0 Å².